The van der Waals surface area contributed by atoms with Crippen molar-refractivity contribution >= 4 is 17.3 Å². The third-order valence-corrected chi connectivity index (χ3v) is 1.89. The molecule has 0 amide bonds. The summed E-state index contributed by atoms with van der Waals surface area (Å²) in [4.78, 5) is 4.26. The van der Waals surface area contributed by atoms with Crippen LogP contribution in [-0.4, -0.2) is 15.2 Å². The molecule has 0 spiro atoms. The first-order chi connectivity index (χ1) is 6.75. The second-order valence-electron chi connectivity index (χ2n) is 2.97. The molecule has 0 aliphatic rings. The molecule has 0 unspecified atom stereocenters. The normalized spacial score (nSPS) is 10.1. The fourth-order valence-electron chi connectivity index (χ4n) is 1.10. The molecule has 0 atom stereocenters. The van der Waals surface area contributed by atoms with Gasteiger partial charge in [0, 0.05) is 6.07 Å². The lowest BCUT2D eigenvalue weighted by Gasteiger charge is -2.04. The van der Waals surface area contributed by atoms with E-state index in [4.69, 9.17) is 5.73 Å². The van der Waals surface area contributed by atoms with Crippen molar-refractivity contribution in [2.75, 3.05) is 11.1 Å². The Morgan fingerprint density at radius 3 is 2.86 bits per heavy atom. The summed E-state index contributed by atoms with van der Waals surface area (Å²) in [6, 6.07) is 5.47. The number of aromatic nitrogens is 3. The van der Waals surface area contributed by atoms with Gasteiger partial charge in [0.1, 0.15) is 11.6 Å². The quantitative estimate of drug-likeness (QED) is 0.667. The summed E-state index contributed by atoms with van der Waals surface area (Å²) in [6.07, 6.45) is 1.67. The predicted octanol–water partition coefficient (Wildman–Crippen LogP) is 1.44. The zero-order valence-electron chi connectivity index (χ0n) is 7.78. The topological polar surface area (TPSA) is 79.6 Å². The minimum absolute atomic E-state index is 0.695. The summed E-state index contributed by atoms with van der Waals surface area (Å²) in [6.45, 7) is 1.87. The van der Waals surface area contributed by atoms with E-state index in [0.717, 1.165) is 17.3 Å². The maximum atomic E-state index is 5.65. The number of nitrogen functional groups attached to an aromatic ring is 1. The lowest BCUT2D eigenvalue weighted by Crippen LogP contribution is -1.98. The Labute approximate surface area is 81.4 Å². The van der Waals surface area contributed by atoms with E-state index in [2.05, 4.69) is 20.5 Å². The number of pyridine rings is 1. The van der Waals surface area contributed by atoms with Crippen LogP contribution in [0.2, 0.25) is 0 Å². The number of nitrogens with one attached hydrogen (secondary N) is 2. The Morgan fingerprint density at radius 2 is 2.21 bits per heavy atom. The predicted molar refractivity (Wildman–Crippen MR) is 55.3 cm³/mol. The zero-order chi connectivity index (χ0) is 9.97. The summed E-state index contributed by atoms with van der Waals surface area (Å²) in [7, 11) is 0. The first-order valence-electron chi connectivity index (χ1n) is 4.25. The molecule has 2 rings (SSSR count). The lowest BCUT2D eigenvalue weighted by atomic mass is 10.3. The molecule has 5 nitrogen and oxygen atoms in total. The molecule has 4 N–H and O–H groups in total. The maximum absolute atomic E-state index is 5.65. The fourth-order valence-corrected chi connectivity index (χ4v) is 1.10. The van der Waals surface area contributed by atoms with Crippen LogP contribution in [-0.2, 0) is 0 Å². The second-order valence-corrected chi connectivity index (χ2v) is 2.97. The third kappa shape index (κ3) is 1.66. The van der Waals surface area contributed by atoms with Crippen LogP contribution in [0, 0.1) is 6.92 Å². The zero-order valence-corrected chi connectivity index (χ0v) is 7.78. The summed E-state index contributed by atoms with van der Waals surface area (Å²) < 4.78 is 0. The fraction of sp³-hybridized carbons (Fsp3) is 0.111. The van der Waals surface area contributed by atoms with Crippen molar-refractivity contribution in [2.24, 2.45) is 0 Å². The van der Waals surface area contributed by atoms with Crippen LogP contribution in [0.5, 0.6) is 0 Å². The molecule has 0 saturated heterocycles. The monoisotopic (exact) mass is 189 g/mol. The molecule has 0 fully saturated rings. The molecular weight excluding hydrogens is 178 g/mol. The van der Waals surface area contributed by atoms with Crippen LogP contribution in [0.4, 0.5) is 17.3 Å². The third-order valence-electron chi connectivity index (χ3n) is 1.89. The van der Waals surface area contributed by atoms with E-state index in [-0.39, 0.29) is 0 Å². The van der Waals surface area contributed by atoms with Gasteiger partial charge in [0.2, 0.25) is 0 Å². The van der Waals surface area contributed by atoms with E-state index in [0.29, 0.717) is 5.69 Å². The number of hydrogen-bond donors (Lipinski definition) is 3. The molecule has 14 heavy (non-hydrogen) atoms. The summed E-state index contributed by atoms with van der Waals surface area (Å²) in [5, 5.41) is 9.67. The van der Waals surface area contributed by atoms with Crippen LogP contribution in [0.25, 0.3) is 0 Å². The highest BCUT2D eigenvalue weighted by Gasteiger charge is 1.99. The van der Waals surface area contributed by atoms with E-state index < -0.39 is 0 Å². The number of aryl methyl sites for hydroxylation is 1. The molecule has 5 heteroatoms. The average Bonchev–Trinajstić information content (AvgIpc) is 2.64. The van der Waals surface area contributed by atoms with E-state index in [9.17, 15) is 0 Å². The number of nitrogens with two attached hydrogens (primary N) is 1. The van der Waals surface area contributed by atoms with Crippen molar-refractivity contribution in [3.05, 3.63) is 30.1 Å². The molecule has 2 aromatic heterocycles. The average molecular weight is 189 g/mol. The van der Waals surface area contributed by atoms with Gasteiger partial charge in [-0.25, -0.2) is 4.98 Å². The number of aromatic amines is 1. The van der Waals surface area contributed by atoms with Gasteiger partial charge in [0.25, 0.3) is 0 Å². The Bertz CT molecular complexity index is 421. The van der Waals surface area contributed by atoms with Crippen LogP contribution in [0.3, 0.4) is 0 Å². The highest BCUT2D eigenvalue weighted by Crippen LogP contribution is 2.15. The van der Waals surface area contributed by atoms with E-state index >= 15 is 0 Å². The second kappa shape index (κ2) is 3.37. The molecule has 0 bridgehead atoms. The number of H-pyrrole nitrogens is 1. The van der Waals surface area contributed by atoms with Gasteiger partial charge in [-0.05, 0) is 19.1 Å². The van der Waals surface area contributed by atoms with E-state index in [1.165, 1.54) is 0 Å². The summed E-state index contributed by atoms with van der Waals surface area (Å²) >= 11 is 0. The van der Waals surface area contributed by atoms with E-state index in [1.807, 2.05) is 25.1 Å². The molecule has 2 aromatic rings. The van der Waals surface area contributed by atoms with Crippen LogP contribution in [0.1, 0.15) is 5.69 Å². The lowest BCUT2D eigenvalue weighted by molar-refractivity contribution is 1.09. The van der Waals surface area contributed by atoms with Crippen molar-refractivity contribution in [1.82, 2.24) is 15.2 Å². The standard InChI is InChI=1S/C9H11N5/c1-6-7(10)2-3-8(12-6)13-9-4-5-11-14-9/h2-5H,10H2,1H3,(H2,11,12,13,14). The Balaban J connectivity index is 2.22. The smallest absolute Gasteiger partial charge is 0.131 e. The Morgan fingerprint density at radius 1 is 1.36 bits per heavy atom. The number of anilines is 3. The first kappa shape index (κ1) is 8.55. The van der Waals surface area contributed by atoms with Gasteiger partial charge in [-0.2, -0.15) is 5.10 Å². The summed E-state index contributed by atoms with van der Waals surface area (Å²) in [5.41, 5.74) is 7.16. The SMILES string of the molecule is Cc1nc(Nc2ccn[nH]2)ccc1N. The van der Waals surface area contributed by atoms with Gasteiger partial charge < -0.3 is 11.1 Å². The van der Waals surface area contributed by atoms with Gasteiger partial charge in [0.15, 0.2) is 0 Å². The molecular formula is C9H11N5. The van der Waals surface area contributed by atoms with Crippen LogP contribution in [0.15, 0.2) is 24.4 Å². The van der Waals surface area contributed by atoms with Crippen molar-refractivity contribution in [3.63, 3.8) is 0 Å². The molecule has 0 aliphatic heterocycles. The number of nitrogens with zero attached hydrogens (tertiary/aromatic N) is 2. The molecule has 2 heterocycles. The Hall–Kier alpha value is -2.04. The minimum atomic E-state index is 0.695. The highest BCUT2D eigenvalue weighted by atomic mass is 15.2. The largest absolute Gasteiger partial charge is 0.397 e. The van der Waals surface area contributed by atoms with Crippen molar-refractivity contribution in [2.45, 2.75) is 6.92 Å². The molecule has 0 aliphatic carbocycles. The molecule has 0 aromatic carbocycles. The molecule has 72 valence electrons. The first-order valence-corrected chi connectivity index (χ1v) is 4.25. The van der Waals surface area contributed by atoms with E-state index in [1.54, 1.807) is 6.20 Å². The number of hydrogen-bond acceptors (Lipinski definition) is 4. The molecule has 0 radical (unpaired) electrons. The van der Waals surface area contributed by atoms with Gasteiger partial charge in [-0.3, -0.25) is 5.10 Å². The van der Waals surface area contributed by atoms with Gasteiger partial charge in [-0.1, -0.05) is 0 Å². The van der Waals surface area contributed by atoms with Crippen LogP contribution >= 0.6 is 0 Å². The maximum Gasteiger partial charge on any atom is 0.131 e. The minimum Gasteiger partial charge on any atom is -0.397 e. The van der Waals surface area contributed by atoms with Gasteiger partial charge >= 0.3 is 0 Å². The van der Waals surface area contributed by atoms with Crippen LogP contribution < -0.4 is 11.1 Å². The highest BCUT2D eigenvalue weighted by molar-refractivity contribution is 5.55. The van der Waals surface area contributed by atoms with Gasteiger partial charge in [-0.15, -0.1) is 0 Å². The summed E-state index contributed by atoms with van der Waals surface area (Å²) in [5.74, 6) is 1.56. The number of rotatable bonds is 2. The Kier molecular flexibility index (Phi) is 2.06. The van der Waals surface area contributed by atoms with Crippen molar-refractivity contribution < 1.29 is 0 Å². The molecule has 0 saturated carbocycles. The van der Waals surface area contributed by atoms with Crippen molar-refractivity contribution in [3.8, 4) is 0 Å². The van der Waals surface area contributed by atoms with Crippen molar-refractivity contribution in [1.29, 1.82) is 0 Å². The van der Waals surface area contributed by atoms with Gasteiger partial charge in [0.05, 0.1) is 17.6 Å².